The molecule has 0 unspecified atom stereocenters. The first-order chi connectivity index (χ1) is 10.0. The number of pyridine rings is 1. The number of fused-ring (bicyclic) bond motifs is 1. The molecule has 0 saturated heterocycles. The second kappa shape index (κ2) is 6.92. The van der Waals surface area contributed by atoms with E-state index in [9.17, 15) is 4.79 Å². The van der Waals surface area contributed by atoms with E-state index < -0.39 is 0 Å². The van der Waals surface area contributed by atoms with Crippen LogP contribution in [-0.2, 0) is 17.6 Å². The van der Waals surface area contributed by atoms with E-state index in [1.807, 2.05) is 38.7 Å². The van der Waals surface area contributed by atoms with Crippen molar-refractivity contribution in [2.45, 2.75) is 65.5 Å². The molecule has 1 aliphatic rings. The minimum Gasteiger partial charge on any atom is -0.483 e. The molecule has 1 amide bonds. The van der Waals surface area contributed by atoms with Gasteiger partial charge in [-0.25, -0.2) is 0 Å². The molecule has 1 aromatic heterocycles. The molecule has 0 fully saturated rings. The van der Waals surface area contributed by atoms with Gasteiger partial charge in [0.25, 0.3) is 5.91 Å². The van der Waals surface area contributed by atoms with Gasteiger partial charge in [-0.2, -0.15) is 0 Å². The number of hydrogen-bond donors (Lipinski definition) is 0. The van der Waals surface area contributed by atoms with E-state index in [-0.39, 0.29) is 24.6 Å². The fraction of sp³-hybridized carbons (Fsp3) is 0.647. The summed E-state index contributed by atoms with van der Waals surface area (Å²) in [5.41, 5.74) is 2.33. The van der Waals surface area contributed by atoms with Crippen LogP contribution in [0.4, 0.5) is 0 Å². The van der Waals surface area contributed by atoms with Crippen molar-refractivity contribution >= 4 is 5.91 Å². The summed E-state index contributed by atoms with van der Waals surface area (Å²) < 4.78 is 5.82. The first-order valence-corrected chi connectivity index (χ1v) is 7.91. The lowest BCUT2D eigenvalue weighted by atomic mass is 9.95. The van der Waals surface area contributed by atoms with Gasteiger partial charge in [-0.1, -0.05) is 0 Å². The minimum absolute atomic E-state index is 0.0429. The standard InChI is InChI=1S/C17H26N2O2/c1-12(2)19(13(3)4)17(20)11-21-16-9-10-18-15-8-6-5-7-14(15)16/h9-10,12-13H,5-8,11H2,1-4H3. The van der Waals surface area contributed by atoms with Crippen molar-refractivity contribution in [2.24, 2.45) is 0 Å². The average molecular weight is 290 g/mol. The molecule has 4 nitrogen and oxygen atoms in total. The molecule has 0 N–H and O–H groups in total. The number of aryl methyl sites for hydroxylation is 1. The molecule has 1 aromatic rings. The summed E-state index contributed by atoms with van der Waals surface area (Å²) in [4.78, 5) is 18.6. The van der Waals surface area contributed by atoms with Crippen LogP contribution < -0.4 is 4.74 Å². The lowest BCUT2D eigenvalue weighted by Gasteiger charge is -2.30. The minimum atomic E-state index is 0.0429. The van der Waals surface area contributed by atoms with E-state index in [1.54, 1.807) is 6.20 Å². The molecule has 0 aliphatic heterocycles. The van der Waals surface area contributed by atoms with Crippen LogP contribution in [0.15, 0.2) is 12.3 Å². The maximum absolute atomic E-state index is 12.4. The highest BCUT2D eigenvalue weighted by Crippen LogP contribution is 2.27. The fourth-order valence-electron chi connectivity index (χ4n) is 3.11. The number of carbonyl (C=O) groups is 1. The van der Waals surface area contributed by atoms with Gasteiger partial charge in [0.15, 0.2) is 6.61 Å². The predicted octanol–water partition coefficient (Wildman–Crippen LogP) is 2.98. The first-order valence-electron chi connectivity index (χ1n) is 7.91. The SMILES string of the molecule is CC(C)N(C(=O)COc1ccnc2c1CCCC2)C(C)C. The van der Waals surface area contributed by atoms with Crippen molar-refractivity contribution < 1.29 is 9.53 Å². The zero-order chi connectivity index (χ0) is 15.4. The van der Waals surface area contributed by atoms with E-state index >= 15 is 0 Å². The molecule has 21 heavy (non-hydrogen) atoms. The van der Waals surface area contributed by atoms with Crippen molar-refractivity contribution in [3.63, 3.8) is 0 Å². The second-order valence-corrected chi connectivity index (χ2v) is 6.22. The van der Waals surface area contributed by atoms with E-state index in [0.29, 0.717) is 0 Å². The number of amides is 1. The molecule has 0 aromatic carbocycles. The van der Waals surface area contributed by atoms with Gasteiger partial charge in [0.05, 0.1) is 0 Å². The maximum atomic E-state index is 12.4. The number of aromatic nitrogens is 1. The van der Waals surface area contributed by atoms with Crippen molar-refractivity contribution in [2.75, 3.05) is 6.61 Å². The van der Waals surface area contributed by atoms with Crippen LogP contribution in [0.1, 0.15) is 51.8 Å². The summed E-state index contributed by atoms with van der Waals surface area (Å²) in [5, 5.41) is 0. The van der Waals surface area contributed by atoms with Gasteiger partial charge >= 0.3 is 0 Å². The Kier molecular flexibility index (Phi) is 5.21. The summed E-state index contributed by atoms with van der Waals surface area (Å²) in [6, 6.07) is 2.26. The molecule has 2 rings (SSSR count). The van der Waals surface area contributed by atoms with Gasteiger partial charge in [0.1, 0.15) is 5.75 Å². The van der Waals surface area contributed by atoms with Crippen molar-refractivity contribution in [1.82, 2.24) is 9.88 Å². The third kappa shape index (κ3) is 3.74. The largest absolute Gasteiger partial charge is 0.483 e. The molecule has 116 valence electrons. The quantitative estimate of drug-likeness (QED) is 0.837. The van der Waals surface area contributed by atoms with Crippen LogP contribution >= 0.6 is 0 Å². The van der Waals surface area contributed by atoms with Crippen molar-refractivity contribution in [1.29, 1.82) is 0 Å². The average Bonchev–Trinajstić information content (AvgIpc) is 2.44. The number of carbonyl (C=O) groups excluding carboxylic acids is 1. The van der Waals surface area contributed by atoms with Gasteiger partial charge < -0.3 is 9.64 Å². The van der Waals surface area contributed by atoms with E-state index in [4.69, 9.17) is 4.74 Å². The number of ether oxygens (including phenoxy) is 1. The number of hydrogen-bond acceptors (Lipinski definition) is 3. The smallest absolute Gasteiger partial charge is 0.260 e. The van der Waals surface area contributed by atoms with E-state index in [2.05, 4.69) is 4.98 Å². The molecule has 0 atom stereocenters. The van der Waals surface area contributed by atoms with Crippen molar-refractivity contribution in [3.05, 3.63) is 23.5 Å². The van der Waals surface area contributed by atoms with Crippen LogP contribution in [0.25, 0.3) is 0 Å². The summed E-state index contributed by atoms with van der Waals surface area (Å²) in [6.45, 7) is 8.24. The zero-order valence-electron chi connectivity index (χ0n) is 13.6. The second-order valence-electron chi connectivity index (χ2n) is 6.22. The first kappa shape index (κ1) is 15.8. The Labute approximate surface area is 127 Å². The van der Waals surface area contributed by atoms with Crippen molar-refractivity contribution in [3.8, 4) is 5.75 Å². The van der Waals surface area contributed by atoms with Crippen LogP contribution in [0.3, 0.4) is 0 Å². The monoisotopic (exact) mass is 290 g/mol. The van der Waals surface area contributed by atoms with Gasteiger partial charge in [0, 0.05) is 29.5 Å². The van der Waals surface area contributed by atoms with Crippen LogP contribution in [-0.4, -0.2) is 34.5 Å². The van der Waals surface area contributed by atoms with Crippen LogP contribution in [0.2, 0.25) is 0 Å². The maximum Gasteiger partial charge on any atom is 0.260 e. The van der Waals surface area contributed by atoms with Crippen LogP contribution in [0, 0.1) is 0 Å². The van der Waals surface area contributed by atoms with Crippen LogP contribution in [0.5, 0.6) is 5.75 Å². The molecule has 1 aliphatic carbocycles. The normalized spacial score (nSPS) is 14.2. The Hall–Kier alpha value is -1.58. The van der Waals surface area contributed by atoms with Gasteiger partial charge in [-0.3, -0.25) is 9.78 Å². The molecular formula is C17H26N2O2. The van der Waals surface area contributed by atoms with Gasteiger partial charge in [-0.05, 0) is 59.4 Å². The molecule has 1 heterocycles. The Morgan fingerprint density at radius 3 is 2.57 bits per heavy atom. The number of nitrogens with zero attached hydrogens (tertiary/aromatic N) is 2. The topological polar surface area (TPSA) is 42.4 Å². The molecule has 0 saturated carbocycles. The zero-order valence-corrected chi connectivity index (χ0v) is 13.6. The highest BCUT2D eigenvalue weighted by Gasteiger charge is 2.21. The highest BCUT2D eigenvalue weighted by molar-refractivity contribution is 5.78. The fourth-order valence-corrected chi connectivity index (χ4v) is 3.11. The summed E-state index contributed by atoms with van der Waals surface area (Å²) >= 11 is 0. The molecule has 0 bridgehead atoms. The summed E-state index contributed by atoms with van der Waals surface area (Å²) in [6.07, 6.45) is 6.17. The Morgan fingerprint density at radius 2 is 1.90 bits per heavy atom. The summed E-state index contributed by atoms with van der Waals surface area (Å²) in [5.74, 6) is 0.877. The Morgan fingerprint density at radius 1 is 1.24 bits per heavy atom. The van der Waals surface area contributed by atoms with Gasteiger partial charge in [0.2, 0.25) is 0 Å². The molecular weight excluding hydrogens is 264 g/mol. The number of rotatable bonds is 5. The van der Waals surface area contributed by atoms with E-state index in [0.717, 1.165) is 24.3 Å². The molecule has 4 heteroatoms. The Balaban J connectivity index is 2.04. The Bertz CT molecular complexity index is 490. The molecule has 0 radical (unpaired) electrons. The molecule has 0 spiro atoms. The summed E-state index contributed by atoms with van der Waals surface area (Å²) in [7, 11) is 0. The van der Waals surface area contributed by atoms with E-state index in [1.165, 1.54) is 18.4 Å². The lowest BCUT2D eigenvalue weighted by molar-refractivity contribution is -0.137. The highest BCUT2D eigenvalue weighted by atomic mass is 16.5. The lowest BCUT2D eigenvalue weighted by Crippen LogP contribution is -2.44. The van der Waals surface area contributed by atoms with Gasteiger partial charge in [-0.15, -0.1) is 0 Å². The third-order valence-corrected chi connectivity index (χ3v) is 3.94. The predicted molar refractivity (Wildman–Crippen MR) is 83.5 cm³/mol. The third-order valence-electron chi connectivity index (χ3n) is 3.94.